The molecule has 0 saturated carbocycles. The standard InChI is InChI=1S/C26H22Cl2N6O2S2.H2O/c27-17-4-6-19(7-5-17)38(36)33-11-1-2-18(15-33)30-25-29-10-9-21(31-25)24-23(32-26-34(24)12-13-37-26)16-3-8-20(28)22(35)14-16;/h3-10,12-14,18,35H,1-2,11,15H2,(H,29,30,31);1H2/t18-,38?;/m1./s1. The van der Waals surface area contributed by atoms with E-state index in [2.05, 4.69) is 10.3 Å². The van der Waals surface area contributed by atoms with E-state index in [-0.39, 0.29) is 22.3 Å². The van der Waals surface area contributed by atoms with E-state index in [1.807, 2.05) is 32.4 Å². The van der Waals surface area contributed by atoms with Gasteiger partial charge < -0.3 is 15.9 Å². The molecule has 2 atom stereocenters. The molecule has 1 fully saturated rings. The van der Waals surface area contributed by atoms with Crippen LogP contribution >= 0.6 is 34.5 Å². The lowest BCUT2D eigenvalue weighted by atomic mass is 10.1. The van der Waals surface area contributed by atoms with Crippen LogP contribution in [0.2, 0.25) is 10.0 Å². The van der Waals surface area contributed by atoms with Gasteiger partial charge in [-0.3, -0.25) is 4.40 Å². The minimum atomic E-state index is -1.27. The van der Waals surface area contributed by atoms with Crippen molar-refractivity contribution in [3.63, 3.8) is 0 Å². The Labute approximate surface area is 241 Å². The Bertz CT molecular complexity index is 1640. The Kier molecular flexibility index (Phi) is 8.17. The van der Waals surface area contributed by atoms with Gasteiger partial charge in [-0.25, -0.2) is 23.5 Å². The summed E-state index contributed by atoms with van der Waals surface area (Å²) < 4.78 is 17.1. The van der Waals surface area contributed by atoms with Gasteiger partial charge in [0.15, 0.2) is 4.96 Å². The molecule has 1 aliphatic heterocycles. The summed E-state index contributed by atoms with van der Waals surface area (Å²) in [4.78, 5) is 15.6. The predicted octanol–water partition coefficient (Wildman–Crippen LogP) is 5.31. The van der Waals surface area contributed by atoms with Crippen LogP contribution in [0, 0.1) is 0 Å². The minimum Gasteiger partial charge on any atom is -0.506 e. The summed E-state index contributed by atoms with van der Waals surface area (Å²) in [6, 6.07) is 14.1. The maximum Gasteiger partial charge on any atom is 0.223 e. The fourth-order valence-corrected chi connectivity index (χ4v) is 6.78. The Morgan fingerprint density at radius 1 is 1.10 bits per heavy atom. The summed E-state index contributed by atoms with van der Waals surface area (Å²) in [6.45, 7) is 1.34. The van der Waals surface area contributed by atoms with Gasteiger partial charge in [0.05, 0.1) is 21.3 Å². The van der Waals surface area contributed by atoms with Crippen molar-refractivity contribution in [2.45, 2.75) is 23.8 Å². The second kappa shape index (κ2) is 11.6. The largest absolute Gasteiger partial charge is 0.506 e. The molecule has 1 saturated heterocycles. The van der Waals surface area contributed by atoms with Gasteiger partial charge in [-0.2, -0.15) is 0 Å². The van der Waals surface area contributed by atoms with Crippen LogP contribution in [-0.4, -0.2) is 57.6 Å². The molecule has 1 unspecified atom stereocenters. The molecule has 4 heterocycles. The highest BCUT2D eigenvalue weighted by atomic mass is 35.5. The van der Waals surface area contributed by atoms with Crippen molar-refractivity contribution in [2.24, 2.45) is 0 Å². The number of phenolic OH excluding ortho intramolecular Hbond substituents is 1. The molecule has 0 spiro atoms. The molecule has 2 aromatic carbocycles. The lowest BCUT2D eigenvalue weighted by Gasteiger charge is -2.32. The number of nitrogens with one attached hydrogen (secondary N) is 1. The number of piperidine rings is 1. The van der Waals surface area contributed by atoms with Crippen LogP contribution in [0.4, 0.5) is 5.95 Å². The number of phenols is 1. The highest BCUT2D eigenvalue weighted by Gasteiger charge is 2.26. The summed E-state index contributed by atoms with van der Waals surface area (Å²) in [6.07, 6.45) is 5.48. The summed E-state index contributed by atoms with van der Waals surface area (Å²) in [5.41, 5.74) is 2.91. The molecule has 202 valence electrons. The maximum absolute atomic E-state index is 13.1. The first-order valence-electron chi connectivity index (χ1n) is 11.9. The van der Waals surface area contributed by atoms with Crippen LogP contribution in [0.15, 0.2) is 71.2 Å². The van der Waals surface area contributed by atoms with Crippen LogP contribution in [0.3, 0.4) is 0 Å². The number of imidazole rings is 1. The Hall–Kier alpha value is -3.06. The number of hydrogen-bond donors (Lipinski definition) is 2. The highest BCUT2D eigenvalue weighted by Crippen LogP contribution is 2.36. The zero-order chi connectivity index (χ0) is 26.2. The molecule has 0 aliphatic carbocycles. The topological polar surface area (TPSA) is 127 Å². The van der Waals surface area contributed by atoms with Crippen LogP contribution in [0.5, 0.6) is 5.75 Å². The van der Waals surface area contributed by atoms with Gasteiger partial charge in [0.25, 0.3) is 0 Å². The number of nitrogens with zero attached hydrogens (tertiary/aromatic N) is 5. The fraction of sp³-hybridized carbons (Fsp3) is 0.192. The van der Waals surface area contributed by atoms with Crippen molar-refractivity contribution >= 4 is 56.4 Å². The summed E-state index contributed by atoms with van der Waals surface area (Å²) in [5.74, 6) is 0.482. The second-order valence-electron chi connectivity index (χ2n) is 8.87. The van der Waals surface area contributed by atoms with Gasteiger partial charge in [-0.15, -0.1) is 11.3 Å². The van der Waals surface area contributed by atoms with Gasteiger partial charge in [-0.05, 0) is 55.3 Å². The van der Waals surface area contributed by atoms with E-state index in [9.17, 15) is 9.32 Å². The summed E-state index contributed by atoms with van der Waals surface area (Å²) in [5, 5.41) is 16.5. The summed E-state index contributed by atoms with van der Waals surface area (Å²) in [7, 11) is -1.27. The molecule has 6 rings (SSSR count). The molecule has 0 radical (unpaired) electrons. The number of aromatic nitrogens is 4. The molecule has 0 amide bonds. The average molecular weight is 604 g/mol. The van der Waals surface area contributed by atoms with Gasteiger partial charge in [0, 0.05) is 47.5 Å². The zero-order valence-electron chi connectivity index (χ0n) is 20.4. The third kappa shape index (κ3) is 5.65. The van der Waals surface area contributed by atoms with E-state index < -0.39 is 11.0 Å². The molecule has 39 heavy (non-hydrogen) atoms. The molecule has 13 heteroatoms. The van der Waals surface area contributed by atoms with Crippen molar-refractivity contribution < 1.29 is 14.8 Å². The molecular formula is C26H24Cl2N6O3S2. The van der Waals surface area contributed by atoms with Crippen LogP contribution in [-0.2, 0) is 11.0 Å². The predicted molar refractivity (Wildman–Crippen MR) is 156 cm³/mol. The van der Waals surface area contributed by atoms with Crippen LogP contribution in [0.1, 0.15) is 12.8 Å². The van der Waals surface area contributed by atoms with E-state index in [4.69, 9.17) is 33.2 Å². The number of anilines is 1. The monoisotopic (exact) mass is 602 g/mol. The quantitative estimate of drug-likeness (QED) is 0.271. The maximum atomic E-state index is 13.1. The average Bonchev–Trinajstić information content (AvgIpc) is 3.52. The lowest BCUT2D eigenvalue weighted by Crippen LogP contribution is -2.43. The highest BCUT2D eigenvalue weighted by molar-refractivity contribution is 7.82. The number of halogens is 2. The molecular weight excluding hydrogens is 579 g/mol. The molecule has 1 aliphatic rings. The van der Waals surface area contributed by atoms with Crippen molar-refractivity contribution in [1.29, 1.82) is 0 Å². The number of thiazole rings is 1. The van der Waals surface area contributed by atoms with E-state index in [0.717, 1.165) is 40.5 Å². The smallest absolute Gasteiger partial charge is 0.223 e. The number of aromatic hydroxyl groups is 1. The Morgan fingerprint density at radius 2 is 1.92 bits per heavy atom. The molecule has 5 aromatic rings. The number of rotatable bonds is 6. The van der Waals surface area contributed by atoms with E-state index in [1.54, 1.807) is 42.6 Å². The van der Waals surface area contributed by atoms with Gasteiger partial charge in [-0.1, -0.05) is 29.3 Å². The van der Waals surface area contributed by atoms with Gasteiger partial charge in [0.2, 0.25) is 5.95 Å². The summed E-state index contributed by atoms with van der Waals surface area (Å²) >= 11 is 13.5. The van der Waals surface area contributed by atoms with E-state index in [0.29, 0.717) is 28.9 Å². The van der Waals surface area contributed by atoms with Crippen molar-refractivity contribution in [3.8, 4) is 28.4 Å². The normalized spacial score (nSPS) is 16.6. The van der Waals surface area contributed by atoms with E-state index in [1.165, 1.54) is 11.3 Å². The van der Waals surface area contributed by atoms with Crippen LogP contribution < -0.4 is 5.32 Å². The first kappa shape index (κ1) is 27.5. The van der Waals surface area contributed by atoms with E-state index >= 15 is 0 Å². The number of benzene rings is 2. The first-order chi connectivity index (χ1) is 18.5. The van der Waals surface area contributed by atoms with Crippen molar-refractivity contribution in [2.75, 3.05) is 18.4 Å². The fourth-order valence-electron chi connectivity index (χ4n) is 4.55. The number of fused-ring (bicyclic) bond motifs is 1. The zero-order valence-corrected chi connectivity index (χ0v) is 23.6. The SMILES string of the molecule is O.O=S(c1ccc(Cl)cc1)N1CCC[C@@H](Nc2nccc(-c3c(-c4ccc(Cl)c(O)c4)nc4sccn34)n2)C1. The van der Waals surface area contributed by atoms with Gasteiger partial charge >= 0.3 is 0 Å². The van der Waals surface area contributed by atoms with Crippen LogP contribution in [0.25, 0.3) is 27.6 Å². The van der Waals surface area contributed by atoms with Gasteiger partial charge in [0.1, 0.15) is 22.4 Å². The third-order valence-corrected chi connectivity index (χ3v) is 9.15. The van der Waals surface area contributed by atoms with Crippen molar-refractivity contribution in [3.05, 3.63) is 76.3 Å². The third-order valence-electron chi connectivity index (χ3n) is 6.35. The first-order valence-corrected chi connectivity index (χ1v) is 14.7. The minimum absolute atomic E-state index is 0. The molecule has 9 nitrogen and oxygen atoms in total. The molecule has 4 N–H and O–H groups in total. The second-order valence-corrected chi connectivity index (χ2v) is 12.1. The Balaban J connectivity index is 0.00000308. The molecule has 3 aromatic heterocycles. The molecule has 0 bridgehead atoms. The van der Waals surface area contributed by atoms with Crippen molar-refractivity contribution in [1.82, 2.24) is 23.7 Å². The number of hydrogen-bond acceptors (Lipinski definition) is 7. The Morgan fingerprint density at radius 3 is 2.72 bits per heavy atom. The lowest BCUT2D eigenvalue weighted by molar-refractivity contribution is 0.342.